The van der Waals surface area contributed by atoms with E-state index in [0.717, 1.165) is 29.7 Å². The number of rotatable bonds is 7. The Bertz CT molecular complexity index is 1270. The molecule has 6 rings (SSSR count). The molecule has 2 saturated carbocycles. The molecule has 2 aliphatic carbocycles. The van der Waals surface area contributed by atoms with E-state index < -0.39 is 5.60 Å². The van der Waals surface area contributed by atoms with Crippen LogP contribution in [0.15, 0.2) is 40.9 Å². The molecule has 1 aromatic heterocycles. The van der Waals surface area contributed by atoms with Gasteiger partial charge in [-0.05, 0) is 49.9 Å². The van der Waals surface area contributed by atoms with Gasteiger partial charge in [-0.15, -0.1) is 0 Å². The lowest BCUT2D eigenvalue weighted by Crippen LogP contribution is -2.62. The topological polar surface area (TPSA) is 58.7 Å². The molecule has 5 nitrogen and oxygen atoms in total. The zero-order valence-corrected chi connectivity index (χ0v) is 23.7. The van der Waals surface area contributed by atoms with E-state index in [2.05, 4.69) is 10.1 Å². The van der Waals surface area contributed by atoms with Crippen molar-refractivity contribution in [3.63, 3.8) is 0 Å². The van der Waals surface area contributed by atoms with Crippen molar-refractivity contribution in [2.45, 2.75) is 82.0 Å². The lowest BCUT2D eigenvalue weighted by Gasteiger charge is -2.51. The van der Waals surface area contributed by atoms with E-state index in [-0.39, 0.29) is 6.61 Å². The van der Waals surface area contributed by atoms with Crippen molar-refractivity contribution in [1.29, 1.82) is 0 Å². The van der Waals surface area contributed by atoms with E-state index in [4.69, 9.17) is 44.1 Å². The molecule has 8 heteroatoms. The Kier molecular flexibility index (Phi) is 7.67. The predicted molar refractivity (Wildman–Crippen MR) is 151 cm³/mol. The van der Waals surface area contributed by atoms with E-state index in [0.29, 0.717) is 57.1 Å². The molecule has 1 aliphatic heterocycles. The summed E-state index contributed by atoms with van der Waals surface area (Å²) in [5, 5.41) is 17.3. The minimum atomic E-state index is -0.917. The van der Waals surface area contributed by atoms with E-state index in [9.17, 15) is 5.11 Å². The molecule has 202 valence electrons. The monoisotopic (exact) mass is 574 g/mol. The molecule has 0 bridgehead atoms. The highest BCUT2D eigenvalue weighted by Gasteiger charge is 2.46. The van der Waals surface area contributed by atoms with Gasteiger partial charge in [0.05, 0.1) is 20.6 Å². The van der Waals surface area contributed by atoms with Crippen molar-refractivity contribution < 1.29 is 14.4 Å². The number of nitrogens with zero attached hydrogens (tertiary/aromatic N) is 2. The molecule has 3 aromatic rings. The molecule has 3 fully saturated rings. The first-order valence-electron chi connectivity index (χ1n) is 13.7. The van der Waals surface area contributed by atoms with Crippen molar-refractivity contribution in [3.05, 3.63) is 68.4 Å². The third-order valence-electron chi connectivity index (χ3n) is 8.31. The van der Waals surface area contributed by atoms with Crippen LogP contribution in [-0.4, -0.2) is 34.3 Å². The normalized spacial score (nSPS) is 20.5. The highest BCUT2D eigenvalue weighted by molar-refractivity contribution is 6.39. The second kappa shape index (κ2) is 11.0. The molecule has 0 spiro atoms. The minimum Gasteiger partial charge on any atom is -0.489 e. The largest absolute Gasteiger partial charge is 0.489 e. The van der Waals surface area contributed by atoms with Crippen molar-refractivity contribution in [3.8, 4) is 17.0 Å². The average Bonchev–Trinajstić information content (AvgIpc) is 3.61. The first-order chi connectivity index (χ1) is 18.4. The summed E-state index contributed by atoms with van der Waals surface area (Å²) in [6.07, 6.45) is 11.2. The molecule has 2 aromatic carbocycles. The van der Waals surface area contributed by atoms with E-state index in [1.807, 2.05) is 18.2 Å². The molecule has 1 N–H and O–H groups in total. The van der Waals surface area contributed by atoms with Gasteiger partial charge in [0.25, 0.3) is 0 Å². The van der Waals surface area contributed by atoms with Gasteiger partial charge in [0.1, 0.15) is 29.4 Å². The maximum atomic E-state index is 11.4. The molecule has 0 atom stereocenters. The number of hydrogen-bond donors (Lipinski definition) is 1. The van der Waals surface area contributed by atoms with Gasteiger partial charge < -0.3 is 14.4 Å². The Morgan fingerprint density at radius 2 is 1.61 bits per heavy atom. The SMILES string of the molecule is OC1(c2ccc(OCc3c(-c4c(Cl)cccc4Cl)noc3C3CC3)cc2Cl)CN(C2CCCCCCC2)C1. The van der Waals surface area contributed by atoms with Gasteiger partial charge in [0.2, 0.25) is 0 Å². The lowest BCUT2D eigenvalue weighted by atomic mass is 9.83. The highest BCUT2D eigenvalue weighted by Crippen LogP contribution is 2.46. The van der Waals surface area contributed by atoms with Crippen LogP contribution in [-0.2, 0) is 12.2 Å². The number of aromatic nitrogens is 1. The molecular weight excluding hydrogens is 543 g/mol. The quantitative estimate of drug-likeness (QED) is 0.307. The van der Waals surface area contributed by atoms with Crippen LogP contribution in [0.1, 0.15) is 80.6 Å². The molecular formula is C30H33Cl3N2O3. The third-order valence-corrected chi connectivity index (χ3v) is 9.25. The summed E-state index contributed by atoms with van der Waals surface area (Å²) < 4.78 is 11.9. The van der Waals surface area contributed by atoms with Crippen LogP contribution >= 0.6 is 34.8 Å². The Labute approximate surface area is 239 Å². The van der Waals surface area contributed by atoms with Crippen molar-refractivity contribution in [2.24, 2.45) is 0 Å². The van der Waals surface area contributed by atoms with Crippen molar-refractivity contribution in [1.82, 2.24) is 10.1 Å². The van der Waals surface area contributed by atoms with Gasteiger partial charge in [0, 0.05) is 36.2 Å². The predicted octanol–water partition coefficient (Wildman–Crippen LogP) is 8.37. The maximum Gasteiger partial charge on any atom is 0.147 e. The van der Waals surface area contributed by atoms with Crippen LogP contribution in [0.4, 0.5) is 0 Å². The van der Waals surface area contributed by atoms with Crippen LogP contribution in [0.25, 0.3) is 11.3 Å². The lowest BCUT2D eigenvalue weighted by molar-refractivity contribution is -0.124. The minimum absolute atomic E-state index is 0.252. The summed E-state index contributed by atoms with van der Waals surface area (Å²) >= 11 is 19.7. The first kappa shape index (κ1) is 26.5. The van der Waals surface area contributed by atoms with Gasteiger partial charge in [-0.25, -0.2) is 0 Å². The second-order valence-electron chi connectivity index (χ2n) is 11.1. The summed E-state index contributed by atoms with van der Waals surface area (Å²) in [5.74, 6) is 1.80. The number of likely N-dealkylation sites (tertiary alicyclic amines) is 1. The summed E-state index contributed by atoms with van der Waals surface area (Å²) in [4.78, 5) is 2.43. The van der Waals surface area contributed by atoms with Crippen molar-refractivity contribution in [2.75, 3.05) is 13.1 Å². The summed E-state index contributed by atoms with van der Waals surface area (Å²) in [6, 6.07) is 11.5. The highest BCUT2D eigenvalue weighted by atomic mass is 35.5. The molecule has 0 amide bonds. The Hall–Kier alpha value is -1.76. The van der Waals surface area contributed by atoms with Gasteiger partial charge in [0.15, 0.2) is 0 Å². The fourth-order valence-corrected chi connectivity index (χ4v) is 6.94. The smallest absolute Gasteiger partial charge is 0.147 e. The number of aliphatic hydroxyl groups is 1. The third kappa shape index (κ3) is 5.33. The molecule has 2 heterocycles. The Morgan fingerprint density at radius 1 is 0.921 bits per heavy atom. The Morgan fingerprint density at radius 3 is 2.26 bits per heavy atom. The number of halogens is 3. The van der Waals surface area contributed by atoms with Crippen LogP contribution < -0.4 is 4.74 Å². The number of β-amino-alcohol motifs (C(OH)–C–C–N with tert-alkyl or cyclic N) is 1. The summed E-state index contributed by atoms with van der Waals surface area (Å²) in [5.41, 5.74) is 1.97. The van der Waals surface area contributed by atoms with Gasteiger partial charge in [-0.2, -0.15) is 0 Å². The van der Waals surface area contributed by atoms with Crippen LogP contribution in [0, 0.1) is 0 Å². The van der Waals surface area contributed by atoms with Crippen LogP contribution in [0.5, 0.6) is 5.75 Å². The zero-order chi connectivity index (χ0) is 26.3. The molecule has 0 radical (unpaired) electrons. The second-order valence-corrected chi connectivity index (χ2v) is 12.3. The van der Waals surface area contributed by atoms with E-state index in [1.54, 1.807) is 18.2 Å². The van der Waals surface area contributed by atoms with Crippen molar-refractivity contribution >= 4 is 34.8 Å². The molecule has 1 saturated heterocycles. The van der Waals surface area contributed by atoms with Gasteiger partial charge >= 0.3 is 0 Å². The number of hydrogen-bond acceptors (Lipinski definition) is 5. The van der Waals surface area contributed by atoms with E-state index >= 15 is 0 Å². The zero-order valence-electron chi connectivity index (χ0n) is 21.4. The summed E-state index contributed by atoms with van der Waals surface area (Å²) in [6.45, 7) is 1.51. The number of ether oxygens (including phenoxy) is 1. The summed E-state index contributed by atoms with van der Waals surface area (Å²) in [7, 11) is 0. The first-order valence-corrected chi connectivity index (χ1v) is 14.9. The van der Waals surface area contributed by atoms with Gasteiger partial charge in [-0.3, -0.25) is 4.90 Å². The molecule has 38 heavy (non-hydrogen) atoms. The average molecular weight is 576 g/mol. The maximum absolute atomic E-state index is 11.4. The van der Waals surface area contributed by atoms with Crippen LogP contribution in [0.3, 0.4) is 0 Å². The molecule has 0 unspecified atom stereocenters. The Balaban J connectivity index is 1.16. The van der Waals surface area contributed by atoms with Crippen LogP contribution in [0.2, 0.25) is 15.1 Å². The fourth-order valence-electron chi connectivity index (χ4n) is 6.02. The number of benzene rings is 2. The van der Waals surface area contributed by atoms with E-state index in [1.165, 1.54) is 44.9 Å². The standard InChI is InChI=1S/C30H33Cl3N2O3/c31-24-9-6-10-25(32)27(24)28-22(29(38-34-28)19-11-12-19)16-37-21-13-14-23(26(33)15-21)30(36)17-35(18-30)20-7-4-2-1-3-5-8-20/h6,9-10,13-15,19-20,36H,1-5,7-8,11-12,16-18H2. The molecule has 3 aliphatic rings. The fraction of sp³-hybridized carbons (Fsp3) is 0.500. The van der Waals surface area contributed by atoms with Gasteiger partial charge in [-0.1, -0.05) is 84.2 Å².